The molecular weight excluding hydrogens is 380 g/mol. The number of imidazole rings is 1. The second-order valence-electron chi connectivity index (χ2n) is 7.40. The maximum Gasteiger partial charge on any atom is 0.255 e. The summed E-state index contributed by atoms with van der Waals surface area (Å²) in [5.74, 6) is 1.87. The van der Waals surface area contributed by atoms with Crippen LogP contribution in [-0.2, 0) is 7.05 Å². The Labute approximate surface area is 175 Å². The van der Waals surface area contributed by atoms with Gasteiger partial charge >= 0.3 is 0 Å². The number of carbonyl (C=O) groups excluding carboxylic acids is 1. The third-order valence-corrected chi connectivity index (χ3v) is 5.36. The molecule has 2 aromatic heterocycles. The molecule has 1 atom stereocenters. The highest BCUT2D eigenvalue weighted by molar-refractivity contribution is 5.94. The molecule has 1 aromatic carbocycles. The minimum absolute atomic E-state index is 0.254. The van der Waals surface area contributed by atoms with Crippen molar-refractivity contribution in [3.63, 3.8) is 0 Å². The summed E-state index contributed by atoms with van der Waals surface area (Å²) in [7, 11) is 3.52. The fraction of sp³-hybridized carbons (Fsp3) is 0.364. The van der Waals surface area contributed by atoms with E-state index in [-0.39, 0.29) is 5.91 Å². The predicted molar refractivity (Wildman–Crippen MR) is 114 cm³/mol. The highest BCUT2D eigenvalue weighted by Crippen LogP contribution is 2.24. The topological polar surface area (TPSA) is 85.2 Å². The van der Waals surface area contributed by atoms with Crippen LogP contribution >= 0.6 is 0 Å². The Balaban J connectivity index is 1.56. The van der Waals surface area contributed by atoms with Crippen LogP contribution in [0.15, 0.2) is 49.1 Å². The van der Waals surface area contributed by atoms with E-state index in [1.165, 1.54) is 6.42 Å². The molecule has 1 aliphatic heterocycles. The van der Waals surface area contributed by atoms with Gasteiger partial charge in [0.25, 0.3) is 5.91 Å². The van der Waals surface area contributed by atoms with Gasteiger partial charge in [-0.15, -0.1) is 0 Å². The molecule has 0 saturated carbocycles. The fourth-order valence-electron chi connectivity index (χ4n) is 3.68. The fourth-order valence-corrected chi connectivity index (χ4v) is 3.68. The average molecular weight is 406 g/mol. The van der Waals surface area contributed by atoms with Crippen LogP contribution in [0.4, 0.5) is 5.95 Å². The van der Waals surface area contributed by atoms with E-state index < -0.39 is 6.04 Å². The molecular formula is C22H26N6O2. The second-order valence-corrected chi connectivity index (χ2v) is 7.40. The van der Waals surface area contributed by atoms with Gasteiger partial charge in [0, 0.05) is 44.9 Å². The largest absolute Gasteiger partial charge is 0.497 e. The lowest BCUT2D eigenvalue weighted by Crippen LogP contribution is -2.32. The van der Waals surface area contributed by atoms with Crippen molar-refractivity contribution in [3.8, 4) is 5.75 Å². The van der Waals surface area contributed by atoms with Gasteiger partial charge in [0.15, 0.2) is 0 Å². The monoisotopic (exact) mass is 406 g/mol. The molecule has 1 fully saturated rings. The Morgan fingerprint density at radius 3 is 2.57 bits per heavy atom. The summed E-state index contributed by atoms with van der Waals surface area (Å²) in [4.78, 5) is 28.5. The number of nitrogens with one attached hydrogen (secondary N) is 1. The van der Waals surface area contributed by atoms with Crippen LogP contribution < -0.4 is 15.0 Å². The van der Waals surface area contributed by atoms with Crippen molar-refractivity contribution < 1.29 is 9.53 Å². The minimum atomic E-state index is -0.436. The molecule has 8 nitrogen and oxygen atoms in total. The third-order valence-electron chi connectivity index (χ3n) is 5.36. The van der Waals surface area contributed by atoms with Crippen molar-refractivity contribution in [1.82, 2.24) is 24.8 Å². The molecule has 0 bridgehead atoms. The van der Waals surface area contributed by atoms with E-state index in [1.54, 1.807) is 25.7 Å². The van der Waals surface area contributed by atoms with E-state index in [1.807, 2.05) is 42.1 Å². The SMILES string of the molecule is COc1cccc([C@@H](NC(=O)c2cnc(N3CCCCC3)nc2)c2nccn2C)c1. The Hall–Kier alpha value is -3.42. The molecule has 3 heterocycles. The van der Waals surface area contributed by atoms with Gasteiger partial charge < -0.3 is 19.5 Å². The molecule has 1 amide bonds. The lowest BCUT2D eigenvalue weighted by Gasteiger charge is -2.26. The highest BCUT2D eigenvalue weighted by Gasteiger charge is 2.23. The summed E-state index contributed by atoms with van der Waals surface area (Å²) < 4.78 is 7.24. The average Bonchev–Trinajstić information content (AvgIpc) is 3.23. The first kappa shape index (κ1) is 19.9. The Bertz CT molecular complexity index is 995. The first-order valence-electron chi connectivity index (χ1n) is 10.1. The van der Waals surface area contributed by atoms with E-state index in [4.69, 9.17) is 4.74 Å². The zero-order valence-corrected chi connectivity index (χ0v) is 17.3. The van der Waals surface area contributed by atoms with Crippen LogP contribution in [0.5, 0.6) is 5.75 Å². The van der Waals surface area contributed by atoms with Crippen molar-refractivity contribution in [1.29, 1.82) is 0 Å². The molecule has 0 aliphatic carbocycles. The Morgan fingerprint density at radius 2 is 1.90 bits per heavy atom. The normalized spacial score (nSPS) is 14.9. The number of hydrogen-bond donors (Lipinski definition) is 1. The molecule has 1 aliphatic rings. The van der Waals surface area contributed by atoms with Crippen LogP contribution in [0, 0.1) is 0 Å². The van der Waals surface area contributed by atoms with Crippen LogP contribution in [0.25, 0.3) is 0 Å². The van der Waals surface area contributed by atoms with E-state index in [0.29, 0.717) is 11.5 Å². The van der Waals surface area contributed by atoms with Crippen molar-refractivity contribution in [3.05, 3.63) is 66.0 Å². The predicted octanol–water partition coefficient (Wildman–Crippen LogP) is 2.73. The van der Waals surface area contributed by atoms with Crippen LogP contribution in [-0.4, -0.2) is 45.6 Å². The number of rotatable bonds is 6. The van der Waals surface area contributed by atoms with Crippen molar-refractivity contribution in [2.24, 2.45) is 7.05 Å². The van der Waals surface area contributed by atoms with Gasteiger partial charge in [0.2, 0.25) is 5.95 Å². The Morgan fingerprint density at radius 1 is 1.13 bits per heavy atom. The maximum absolute atomic E-state index is 13.0. The van der Waals surface area contributed by atoms with Gasteiger partial charge in [-0.25, -0.2) is 15.0 Å². The highest BCUT2D eigenvalue weighted by atomic mass is 16.5. The number of amides is 1. The molecule has 0 radical (unpaired) electrons. The molecule has 0 unspecified atom stereocenters. The summed E-state index contributed by atoms with van der Waals surface area (Å²) in [6.07, 6.45) is 10.3. The van der Waals surface area contributed by atoms with Gasteiger partial charge in [-0.3, -0.25) is 4.79 Å². The summed E-state index contributed by atoms with van der Waals surface area (Å²) in [6.45, 7) is 1.92. The van der Waals surface area contributed by atoms with Crippen molar-refractivity contribution in [2.75, 3.05) is 25.1 Å². The first-order valence-corrected chi connectivity index (χ1v) is 10.1. The van der Waals surface area contributed by atoms with E-state index >= 15 is 0 Å². The molecule has 30 heavy (non-hydrogen) atoms. The minimum Gasteiger partial charge on any atom is -0.497 e. The lowest BCUT2D eigenvalue weighted by atomic mass is 10.1. The van der Waals surface area contributed by atoms with Crippen LogP contribution in [0.1, 0.15) is 47.1 Å². The standard InChI is InChI=1S/C22H26N6O2/c1-27-12-9-23-20(27)19(16-7-6-8-18(13-16)30-2)26-21(29)17-14-24-22(25-15-17)28-10-4-3-5-11-28/h6-9,12-15,19H,3-5,10-11H2,1-2H3,(H,26,29)/t19-/m1/s1. The maximum atomic E-state index is 13.0. The third kappa shape index (κ3) is 4.27. The van der Waals surface area contributed by atoms with Crippen molar-refractivity contribution in [2.45, 2.75) is 25.3 Å². The molecule has 1 saturated heterocycles. The molecule has 0 spiro atoms. The number of benzene rings is 1. The summed E-state index contributed by atoms with van der Waals surface area (Å²) >= 11 is 0. The Kier molecular flexibility index (Phi) is 5.92. The van der Waals surface area contributed by atoms with E-state index in [2.05, 4.69) is 25.2 Å². The van der Waals surface area contributed by atoms with Gasteiger partial charge in [-0.2, -0.15) is 0 Å². The number of aryl methyl sites for hydroxylation is 1. The quantitative estimate of drug-likeness (QED) is 0.678. The second kappa shape index (κ2) is 8.94. The van der Waals surface area contributed by atoms with Gasteiger partial charge in [-0.1, -0.05) is 12.1 Å². The zero-order valence-electron chi connectivity index (χ0n) is 17.3. The summed E-state index contributed by atoms with van der Waals surface area (Å²) in [5.41, 5.74) is 1.29. The van der Waals surface area contributed by atoms with Crippen LogP contribution in [0.3, 0.4) is 0 Å². The number of hydrogen-bond acceptors (Lipinski definition) is 6. The smallest absolute Gasteiger partial charge is 0.255 e. The first-order chi connectivity index (χ1) is 14.7. The molecule has 4 rings (SSSR count). The van der Waals surface area contributed by atoms with Crippen LogP contribution in [0.2, 0.25) is 0 Å². The van der Waals surface area contributed by atoms with Gasteiger partial charge in [0.05, 0.1) is 12.7 Å². The number of carbonyl (C=O) groups is 1. The summed E-state index contributed by atoms with van der Waals surface area (Å²) in [5, 5.41) is 3.07. The van der Waals surface area contributed by atoms with E-state index in [0.717, 1.165) is 43.1 Å². The number of methoxy groups -OCH3 is 1. The number of ether oxygens (including phenoxy) is 1. The number of piperidine rings is 1. The van der Waals surface area contributed by atoms with Gasteiger partial charge in [0.1, 0.15) is 17.6 Å². The number of anilines is 1. The zero-order chi connectivity index (χ0) is 20.9. The lowest BCUT2D eigenvalue weighted by molar-refractivity contribution is 0.0940. The number of aromatic nitrogens is 4. The van der Waals surface area contributed by atoms with E-state index in [9.17, 15) is 4.79 Å². The van der Waals surface area contributed by atoms with Crippen molar-refractivity contribution >= 4 is 11.9 Å². The molecule has 1 N–H and O–H groups in total. The molecule has 3 aromatic rings. The van der Waals surface area contributed by atoms with Gasteiger partial charge in [-0.05, 0) is 37.0 Å². The molecule has 156 valence electrons. The molecule has 8 heteroatoms. The number of nitrogens with zero attached hydrogens (tertiary/aromatic N) is 5. The summed E-state index contributed by atoms with van der Waals surface area (Å²) in [6, 6.07) is 7.17.